The molecule has 1 aliphatic carbocycles. The molecule has 1 N–H and O–H groups in total. The summed E-state index contributed by atoms with van der Waals surface area (Å²) in [5.74, 6) is 0.0749. The molecule has 0 aliphatic heterocycles. The van der Waals surface area contributed by atoms with Gasteiger partial charge < -0.3 is 5.32 Å². The number of nitrogens with one attached hydrogen (secondary N) is 1. The largest absolute Gasteiger partial charge is 0.358 e. The fourth-order valence-corrected chi connectivity index (χ4v) is 1.97. The van der Waals surface area contributed by atoms with Crippen LogP contribution in [0, 0.1) is 0 Å². The van der Waals surface area contributed by atoms with Crippen LogP contribution in [0.4, 0.5) is 0 Å². The number of halogens is 1. The molecule has 0 radical (unpaired) electrons. The third kappa shape index (κ3) is 3.72. The highest BCUT2D eigenvalue weighted by atomic mass is 35.5. The Balaban J connectivity index is 1.97. The fraction of sp³-hybridized carbons (Fsp3) is 0.462. The summed E-state index contributed by atoms with van der Waals surface area (Å²) in [5, 5.41) is 3.42. The first-order chi connectivity index (χ1) is 8.19. The molecule has 1 saturated carbocycles. The van der Waals surface area contributed by atoms with Gasteiger partial charge in [-0.05, 0) is 30.5 Å². The number of carbonyl (C=O) groups is 1. The van der Waals surface area contributed by atoms with Crippen molar-refractivity contribution in [2.45, 2.75) is 25.4 Å². The van der Waals surface area contributed by atoms with Gasteiger partial charge in [-0.2, -0.15) is 0 Å². The van der Waals surface area contributed by atoms with Crippen LogP contribution in [0.15, 0.2) is 24.3 Å². The van der Waals surface area contributed by atoms with Gasteiger partial charge in [-0.15, -0.1) is 0 Å². The zero-order chi connectivity index (χ0) is 12.3. The highest BCUT2D eigenvalue weighted by molar-refractivity contribution is 6.30. The Kier molecular flexibility index (Phi) is 4.02. The van der Waals surface area contributed by atoms with Gasteiger partial charge in [0.2, 0.25) is 5.91 Å². The third-order valence-corrected chi connectivity index (χ3v) is 3.24. The van der Waals surface area contributed by atoms with Crippen molar-refractivity contribution in [2.75, 3.05) is 13.6 Å². The third-order valence-electron chi connectivity index (χ3n) is 2.99. The molecule has 92 valence electrons. The van der Waals surface area contributed by atoms with Crippen molar-refractivity contribution in [3.63, 3.8) is 0 Å². The van der Waals surface area contributed by atoms with Crippen LogP contribution in [0.5, 0.6) is 0 Å². The SMILES string of the molecule is CNC(=O)CN(Cc1ccc(Cl)cc1)C1CC1. The lowest BCUT2D eigenvalue weighted by Gasteiger charge is -2.21. The van der Waals surface area contributed by atoms with E-state index >= 15 is 0 Å². The van der Waals surface area contributed by atoms with Crippen LogP contribution in [-0.2, 0) is 11.3 Å². The minimum Gasteiger partial charge on any atom is -0.358 e. The lowest BCUT2D eigenvalue weighted by molar-refractivity contribution is -0.122. The summed E-state index contributed by atoms with van der Waals surface area (Å²) in [6.45, 7) is 1.29. The van der Waals surface area contributed by atoms with E-state index in [1.165, 1.54) is 18.4 Å². The molecule has 1 amide bonds. The van der Waals surface area contributed by atoms with Crippen molar-refractivity contribution in [3.05, 3.63) is 34.9 Å². The van der Waals surface area contributed by atoms with Gasteiger partial charge >= 0.3 is 0 Å². The molecule has 0 unspecified atom stereocenters. The number of likely N-dealkylation sites (N-methyl/N-ethyl adjacent to an activating group) is 1. The zero-order valence-corrected chi connectivity index (χ0v) is 10.7. The van der Waals surface area contributed by atoms with Gasteiger partial charge in [0.25, 0.3) is 0 Å². The Morgan fingerprint density at radius 3 is 2.59 bits per heavy atom. The van der Waals surface area contributed by atoms with Crippen molar-refractivity contribution < 1.29 is 4.79 Å². The Hall–Kier alpha value is -1.06. The summed E-state index contributed by atoms with van der Waals surface area (Å²) < 4.78 is 0. The topological polar surface area (TPSA) is 32.3 Å². The Labute approximate surface area is 107 Å². The van der Waals surface area contributed by atoms with E-state index in [9.17, 15) is 4.79 Å². The predicted molar refractivity (Wildman–Crippen MR) is 69.0 cm³/mol. The first-order valence-electron chi connectivity index (χ1n) is 5.88. The number of benzene rings is 1. The molecular formula is C13H17ClN2O. The van der Waals surface area contributed by atoms with Crippen molar-refractivity contribution in [3.8, 4) is 0 Å². The summed E-state index contributed by atoms with van der Waals surface area (Å²) >= 11 is 5.85. The van der Waals surface area contributed by atoms with Crippen LogP contribution in [-0.4, -0.2) is 30.4 Å². The normalized spacial score (nSPS) is 15.0. The van der Waals surface area contributed by atoms with Gasteiger partial charge in [-0.1, -0.05) is 23.7 Å². The Bertz CT molecular complexity index is 387. The second kappa shape index (κ2) is 5.52. The van der Waals surface area contributed by atoms with Crippen LogP contribution < -0.4 is 5.32 Å². The Morgan fingerprint density at radius 2 is 2.06 bits per heavy atom. The predicted octanol–water partition coefficient (Wildman–Crippen LogP) is 2.05. The average Bonchev–Trinajstić information content (AvgIpc) is 3.15. The van der Waals surface area contributed by atoms with Crippen molar-refractivity contribution in [1.82, 2.24) is 10.2 Å². The molecule has 0 heterocycles. The number of hydrogen-bond donors (Lipinski definition) is 1. The maximum absolute atomic E-state index is 11.4. The minimum absolute atomic E-state index is 0.0749. The molecule has 0 aromatic heterocycles. The zero-order valence-electron chi connectivity index (χ0n) is 9.95. The van der Waals surface area contributed by atoms with E-state index in [2.05, 4.69) is 10.2 Å². The van der Waals surface area contributed by atoms with Gasteiger partial charge in [0, 0.05) is 24.7 Å². The molecule has 1 aromatic carbocycles. The summed E-state index contributed by atoms with van der Waals surface area (Å²) in [7, 11) is 1.68. The second-order valence-corrected chi connectivity index (χ2v) is 4.87. The molecule has 1 fully saturated rings. The number of nitrogens with zero attached hydrogens (tertiary/aromatic N) is 1. The first kappa shape index (κ1) is 12.4. The van der Waals surface area contributed by atoms with Crippen LogP contribution in [0.25, 0.3) is 0 Å². The number of amides is 1. The second-order valence-electron chi connectivity index (χ2n) is 4.44. The quantitative estimate of drug-likeness (QED) is 0.870. The summed E-state index contributed by atoms with van der Waals surface area (Å²) in [5.41, 5.74) is 1.20. The van der Waals surface area contributed by atoms with Crippen LogP contribution in [0.1, 0.15) is 18.4 Å². The molecule has 17 heavy (non-hydrogen) atoms. The Morgan fingerprint density at radius 1 is 1.41 bits per heavy atom. The molecule has 0 spiro atoms. The molecule has 1 aromatic rings. The molecule has 1 aliphatic rings. The van der Waals surface area contributed by atoms with E-state index in [0.29, 0.717) is 12.6 Å². The van der Waals surface area contributed by atoms with Gasteiger partial charge in [0.05, 0.1) is 6.54 Å². The standard InChI is InChI=1S/C13H17ClN2O/c1-15-13(17)9-16(12-6-7-12)8-10-2-4-11(14)5-3-10/h2-5,12H,6-9H2,1H3,(H,15,17). The monoisotopic (exact) mass is 252 g/mol. The van der Waals surface area contributed by atoms with Crippen LogP contribution in [0.3, 0.4) is 0 Å². The first-order valence-corrected chi connectivity index (χ1v) is 6.26. The van der Waals surface area contributed by atoms with Crippen LogP contribution >= 0.6 is 11.6 Å². The molecular weight excluding hydrogens is 236 g/mol. The lowest BCUT2D eigenvalue weighted by Crippen LogP contribution is -2.36. The molecule has 3 nitrogen and oxygen atoms in total. The van der Waals surface area contributed by atoms with E-state index in [-0.39, 0.29) is 5.91 Å². The molecule has 4 heteroatoms. The highest BCUT2D eigenvalue weighted by Crippen LogP contribution is 2.28. The molecule has 0 atom stereocenters. The maximum Gasteiger partial charge on any atom is 0.233 e. The molecule has 0 saturated heterocycles. The lowest BCUT2D eigenvalue weighted by atomic mass is 10.2. The van der Waals surface area contributed by atoms with Gasteiger partial charge in [0.1, 0.15) is 0 Å². The van der Waals surface area contributed by atoms with Crippen LogP contribution in [0.2, 0.25) is 5.02 Å². The number of hydrogen-bond acceptors (Lipinski definition) is 2. The maximum atomic E-state index is 11.4. The number of rotatable bonds is 5. The highest BCUT2D eigenvalue weighted by Gasteiger charge is 2.29. The van der Waals surface area contributed by atoms with Gasteiger partial charge in [0.15, 0.2) is 0 Å². The van der Waals surface area contributed by atoms with Crippen molar-refractivity contribution in [2.24, 2.45) is 0 Å². The van der Waals surface area contributed by atoms with Gasteiger partial charge in [-0.3, -0.25) is 9.69 Å². The summed E-state index contributed by atoms with van der Waals surface area (Å²) in [6.07, 6.45) is 2.40. The average molecular weight is 253 g/mol. The van der Waals surface area contributed by atoms with Crippen molar-refractivity contribution >= 4 is 17.5 Å². The van der Waals surface area contributed by atoms with E-state index in [0.717, 1.165) is 11.6 Å². The summed E-state index contributed by atoms with van der Waals surface area (Å²) in [4.78, 5) is 13.6. The van der Waals surface area contributed by atoms with Crippen molar-refractivity contribution in [1.29, 1.82) is 0 Å². The summed E-state index contributed by atoms with van der Waals surface area (Å²) in [6, 6.07) is 8.38. The molecule has 2 rings (SSSR count). The van der Waals surface area contributed by atoms with E-state index < -0.39 is 0 Å². The van der Waals surface area contributed by atoms with E-state index in [1.54, 1.807) is 7.05 Å². The van der Waals surface area contributed by atoms with Gasteiger partial charge in [-0.25, -0.2) is 0 Å². The number of carbonyl (C=O) groups excluding carboxylic acids is 1. The fourth-order valence-electron chi connectivity index (χ4n) is 1.84. The smallest absolute Gasteiger partial charge is 0.233 e. The minimum atomic E-state index is 0.0749. The van der Waals surface area contributed by atoms with E-state index in [4.69, 9.17) is 11.6 Å². The molecule has 0 bridgehead atoms. The van der Waals surface area contributed by atoms with E-state index in [1.807, 2.05) is 24.3 Å².